The summed E-state index contributed by atoms with van der Waals surface area (Å²) in [6, 6.07) is 8.19. The van der Waals surface area contributed by atoms with Crippen molar-refractivity contribution < 1.29 is 32.2 Å². The van der Waals surface area contributed by atoms with Gasteiger partial charge in [-0.2, -0.15) is 0 Å². The number of ether oxygens (including phenoxy) is 2. The summed E-state index contributed by atoms with van der Waals surface area (Å²) in [5, 5.41) is 2.33. The Hall–Kier alpha value is -3.23. The highest BCUT2D eigenvalue weighted by Crippen LogP contribution is 2.26. The van der Waals surface area contributed by atoms with E-state index in [4.69, 9.17) is 9.47 Å². The number of nitrogens with zero attached hydrogens (tertiary/aromatic N) is 1. The van der Waals surface area contributed by atoms with Gasteiger partial charge in [0.1, 0.15) is 18.5 Å². The Morgan fingerprint density at radius 1 is 1.18 bits per heavy atom. The summed E-state index contributed by atoms with van der Waals surface area (Å²) in [5.41, 5.74) is 0.739. The molecule has 1 aliphatic rings. The van der Waals surface area contributed by atoms with Crippen LogP contribution in [0.25, 0.3) is 0 Å². The smallest absolute Gasteiger partial charge is 0.407 e. The van der Waals surface area contributed by atoms with Crippen LogP contribution in [0.3, 0.4) is 0 Å². The summed E-state index contributed by atoms with van der Waals surface area (Å²) < 4.78 is 49.9. The molecule has 0 saturated carbocycles. The van der Waals surface area contributed by atoms with Crippen molar-refractivity contribution in [1.29, 1.82) is 0 Å². The number of hydrogen-bond donors (Lipinski definition) is 1. The predicted octanol–water partition coefficient (Wildman–Crippen LogP) is 3.14. The minimum absolute atomic E-state index is 0.0906. The van der Waals surface area contributed by atoms with Crippen molar-refractivity contribution in [3.8, 4) is 5.75 Å². The Kier molecular flexibility index (Phi) is 5.72. The molecule has 9 heteroatoms. The summed E-state index contributed by atoms with van der Waals surface area (Å²) in [6.07, 6.45) is -1.04. The van der Waals surface area contributed by atoms with Gasteiger partial charge < -0.3 is 19.7 Å². The largest absolute Gasteiger partial charge is 0.489 e. The number of benzene rings is 2. The number of alkyl carbamates (subject to hydrolysis) is 1. The number of rotatable bonds is 5. The maximum atomic E-state index is 13.2. The van der Waals surface area contributed by atoms with Gasteiger partial charge in [0.25, 0.3) is 0 Å². The molecular weight excluding hydrogens is 377 g/mol. The van der Waals surface area contributed by atoms with Gasteiger partial charge >= 0.3 is 6.09 Å². The van der Waals surface area contributed by atoms with E-state index in [-0.39, 0.29) is 31.0 Å². The van der Waals surface area contributed by atoms with E-state index in [0.29, 0.717) is 11.4 Å². The van der Waals surface area contributed by atoms with Crippen molar-refractivity contribution in [1.82, 2.24) is 5.32 Å². The van der Waals surface area contributed by atoms with Crippen LogP contribution in [0.2, 0.25) is 0 Å². The first kappa shape index (κ1) is 19.5. The second-order valence-corrected chi connectivity index (χ2v) is 6.14. The molecule has 2 aromatic rings. The van der Waals surface area contributed by atoms with Gasteiger partial charge in [-0.25, -0.2) is 18.0 Å². The van der Waals surface area contributed by atoms with E-state index in [1.807, 2.05) is 0 Å². The van der Waals surface area contributed by atoms with Crippen LogP contribution in [0, 0.1) is 17.5 Å². The lowest BCUT2D eigenvalue weighted by atomic mass is 10.2. The van der Waals surface area contributed by atoms with Crippen molar-refractivity contribution in [2.45, 2.75) is 19.1 Å². The third-order valence-corrected chi connectivity index (χ3v) is 4.16. The third-order valence-electron chi connectivity index (χ3n) is 4.16. The third kappa shape index (κ3) is 4.36. The number of carbonyl (C=O) groups is 2. The van der Waals surface area contributed by atoms with Crippen LogP contribution in [-0.4, -0.2) is 31.7 Å². The van der Waals surface area contributed by atoms with E-state index in [1.54, 1.807) is 24.3 Å². The first-order chi connectivity index (χ1) is 13.4. The molecule has 2 amide bonds. The molecule has 3 rings (SSSR count). The van der Waals surface area contributed by atoms with E-state index >= 15 is 0 Å². The normalized spacial score (nSPS) is 16.2. The Labute approximate surface area is 158 Å². The molecule has 148 valence electrons. The minimum Gasteiger partial charge on any atom is -0.489 e. The second kappa shape index (κ2) is 8.20. The Bertz CT molecular complexity index is 866. The number of anilines is 1. The van der Waals surface area contributed by atoms with E-state index in [9.17, 15) is 22.8 Å². The zero-order valence-corrected chi connectivity index (χ0v) is 14.9. The molecule has 0 aromatic heterocycles. The van der Waals surface area contributed by atoms with Crippen LogP contribution >= 0.6 is 0 Å². The van der Waals surface area contributed by atoms with Crippen LogP contribution in [0.4, 0.5) is 23.7 Å². The fraction of sp³-hybridized carbons (Fsp3) is 0.263. The lowest BCUT2D eigenvalue weighted by Crippen LogP contribution is -2.29. The van der Waals surface area contributed by atoms with Gasteiger partial charge in [0.15, 0.2) is 17.5 Å². The summed E-state index contributed by atoms with van der Waals surface area (Å²) in [4.78, 5) is 24.9. The molecule has 0 bridgehead atoms. The molecule has 1 N–H and O–H groups in total. The Balaban J connectivity index is 1.61. The molecule has 1 aliphatic heterocycles. The van der Waals surface area contributed by atoms with E-state index in [1.165, 1.54) is 11.9 Å². The molecule has 28 heavy (non-hydrogen) atoms. The molecule has 0 spiro atoms. The van der Waals surface area contributed by atoms with Crippen LogP contribution in [0.1, 0.15) is 12.0 Å². The summed E-state index contributed by atoms with van der Waals surface area (Å²) in [5.74, 6) is -3.87. The highest BCUT2D eigenvalue weighted by molar-refractivity contribution is 5.96. The first-order valence-electron chi connectivity index (χ1n) is 8.42. The fourth-order valence-electron chi connectivity index (χ4n) is 2.79. The summed E-state index contributed by atoms with van der Waals surface area (Å²) >= 11 is 0. The molecule has 2 aromatic carbocycles. The lowest BCUT2D eigenvalue weighted by molar-refractivity contribution is -0.117. The van der Waals surface area contributed by atoms with Crippen LogP contribution in [0.5, 0.6) is 5.75 Å². The zero-order valence-electron chi connectivity index (χ0n) is 14.9. The highest BCUT2D eigenvalue weighted by atomic mass is 19.2. The second-order valence-electron chi connectivity index (χ2n) is 6.14. The molecular formula is C19H17F3N2O4. The quantitative estimate of drug-likeness (QED) is 0.792. The Morgan fingerprint density at radius 2 is 1.82 bits per heavy atom. The molecule has 1 fully saturated rings. The predicted molar refractivity (Wildman–Crippen MR) is 93.4 cm³/mol. The van der Waals surface area contributed by atoms with Gasteiger partial charge in [-0.05, 0) is 42.0 Å². The molecule has 1 heterocycles. The van der Waals surface area contributed by atoms with E-state index in [0.717, 1.165) is 12.1 Å². The molecule has 0 radical (unpaired) electrons. The number of halogens is 3. The zero-order chi connectivity index (χ0) is 20.3. The monoisotopic (exact) mass is 394 g/mol. The summed E-state index contributed by atoms with van der Waals surface area (Å²) in [7, 11) is 1.43. The van der Waals surface area contributed by atoms with Gasteiger partial charge in [0, 0.05) is 12.7 Å². The fourth-order valence-corrected chi connectivity index (χ4v) is 2.79. The summed E-state index contributed by atoms with van der Waals surface area (Å²) in [6.45, 7) is 0.0821. The van der Waals surface area contributed by atoms with Gasteiger partial charge in [0.05, 0.1) is 13.0 Å². The minimum atomic E-state index is -1.53. The molecule has 1 unspecified atom stereocenters. The van der Waals surface area contributed by atoms with Crippen LogP contribution in [-0.2, 0) is 16.1 Å². The standard InChI is InChI=1S/C19H17F3N2O4/c1-23-19(26)28-14-8-17(25)24(9-14)12-2-4-13(5-3-12)27-10-11-6-15(20)18(22)16(21)7-11/h2-7,14H,8-10H2,1H3,(H,23,26). The molecule has 6 nitrogen and oxygen atoms in total. The Morgan fingerprint density at radius 3 is 2.43 bits per heavy atom. The molecule has 1 atom stereocenters. The van der Waals surface area contributed by atoms with E-state index in [2.05, 4.69) is 5.32 Å². The van der Waals surface area contributed by atoms with E-state index < -0.39 is 29.6 Å². The van der Waals surface area contributed by atoms with Crippen molar-refractivity contribution >= 4 is 17.7 Å². The van der Waals surface area contributed by atoms with Crippen LogP contribution < -0.4 is 15.0 Å². The van der Waals surface area contributed by atoms with Crippen molar-refractivity contribution in [3.63, 3.8) is 0 Å². The maximum absolute atomic E-state index is 13.2. The van der Waals surface area contributed by atoms with Crippen molar-refractivity contribution in [2.24, 2.45) is 0 Å². The first-order valence-corrected chi connectivity index (χ1v) is 8.42. The number of nitrogens with one attached hydrogen (secondary N) is 1. The van der Waals surface area contributed by atoms with Crippen LogP contribution in [0.15, 0.2) is 36.4 Å². The average molecular weight is 394 g/mol. The molecule has 1 saturated heterocycles. The number of carbonyl (C=O) groups excluding carboxylic acids is 2. The van der Waals surface area contributed by atoms with Gasteiger partial charge in [0.2, 0.25) is 5.91 Å². The maximum Gasteiger partial charge on any atom is 0.407 e. The SMILES string of the molecule is CNC(=O)OC1CC(=O)N(c2ccc(OCc3cc(F)c(F)c(F)c3)cc2)C1. The number of hydrogen-bond acceptors (Lipinski definition) is 4. The highest BCUT2D eigenvalue weighted by Gasteiger charge is 2.33. The van der Waals surface area contributed by atoms with Gasteiger partial charge in [-0.1, -0.05) is 0 Å². The topological polar surface area (TPSA) is 67.9 Å². The van der Waals surface area contributed by atoms with Gasteiger partial charge in [-0.15, -0.1) is 0 Å². The number of amides is 2. The average Bonchev–Trinajstić information content (AvgIpc) is 3.04. The molecule has 0 aliphatic carbocycles. The van der Waals surface area contributed by atoms with Crippen molar-refractivity contribution in [3.05, 3.63) is 59.4 Å². The van der Waals surface area contributed by atoms with Gasteiger partial charge in [-0.3, -0.25) is 4.79 Å². The lowest BCUT2D eigenvalue weighted by Gasteiger charge is -2.17. The van der Waals surface area contributed by atoms with Crippen molar-refractivity contribution in [2.75, 3.05) is 18.5 Å².